The number of benzene rings is 1. The Labute approximate surface area is 161 Å². The van der Waals surface area contributed by atoms with Gasteiger partial charge in [0.25, 0.3) is 0 Å². The van der Waals surface area contributed by atoms with Gasteiger partial charge in [-0.3, -0.25) is 5.41 Å². The Morgan fingerprint density at radius 2 is 1.84 bits per heavy atom. The van der Waals surface area contributed by atoms with Crippen LogP contribution in [0.5, 0.6) is 0 Å². The van der Waals surface area contributed by atoms with Crippen LogP contribution in [0.15, 0.2) is 24.4 Å². The van der Waals surface area contributed by atoms with Gasteiger partial charge in [0, 0.05) is 31.7 Å². The molecule has 1 fully saturated rings. The van der Waals surface area contributed by atoms with E-state index < -0.39 is 0 Å². The largest absolute Gasteiger partial charge is 0.382 e. The number of piperazine rings is 1. The molecule has 3 rings (SSSR count). The molecule has 25 heavy (non-hydrogen) atoms. The first-order valence-electron chi connectivity index (χ1n) is 7.38. The van der Waals surface area contributed by atoms with E-state index in [1.165, 1.54) is 0 Å². The predicted molar refractivity (Wildman–Crippen MR) is 105 cm³/mol. The monoisotopic (exact) mass is 401 g/mol. The van der Waals surface area contributed by atoms with Gasteiger partial charge in [-0.05, 0) is 6.07 Å². The van der Waals surface area contributed by atoms with Gasteiger partial charge in [0.1, 0.15) is 11.5 Å². The summed E-state index contributed by atoms with van der Waals surface area (Å²) < 4.78 is 0. The highest BCUT2D eigenvalue weighted by molar-refractivity contribution is 6.43. The average Bonchev–Trinajstić information content (AvgIpc) is 2.58. The molecule has 0 saturated carbocycles. The van der Waals surface area contributed by atoms with Crippen molar-refractivity contribution in [3.63, 3.8) is 0 Å². The fourth-order valence-electron chi connectivity index (χ4n) is 2.62. The highest BCUT2D eigenvalue weighted by atomic mass is 35.5. The fourth-order valence-corrected chi connectivity index (χ4v) is 3.01. The molecule has 1 saturated heterocycles. The van der Waals surface area contributed by atoms with Crippen LogP contribution in [0.2, 0.25) is 10.0 Å². The minimum Gasteiger partial charge on any atom is -0.382 e. The van der Waals surface area contributed by atoms with Crippen molar-refractivity contribution in [3.8, 4) is 11.3 Å². The standard InChI is InChI=1S/C15H17Cl2N7.ClH/c16-10-3-1-2-9(12(10)17)13-14(18)22-11(8-21-13)23-4-6-24(7-5-23)15(19)20;/h1-3,8H,4-7H2,(H2,18,22)(H3,19,20);1H. The maximum atomic E-state index is 7.47. The van der Waals surface area contributed by atoms with Crippen LogP contribution in [0.25, 0.3) is 11.3 Å². The van der Waals surface area contributed by atoms with Crippen LogP contribution in [0.3, 0.4) is 0 Å². The molecule has 1 aromatic heterocycles. The SMILES string of the molecule is Cl.N=C(N)N1CCN(c2cnc(-c3cccc(Cl)c3Cl)c(N)n2)CC1. The van der Waals surface area contributed by atoms with Gasteiger partial charge in [-0.1, -0.05) is 35.3 Å². The second-order valence-corrected chi connectivity index (χ2v) is 6.21. The van der Waals surface area contributed by atoms with Crippen LogP contribution < -0.4 is 16.4 Å². The van der Waals surface area contributed by atoms with Crippen LogP contribution in [0, 0.1) is 5.41 Å². The lowest BCUT2D eigenvalue weighted by atomic mass is 10.1. The summed E-state index contributed by atoms with van der Waals surface area (Å²) in [5.74, 6) is 1.08. The molecule has 1 aliphatic heterocycles. The third-order valence-corrected chi connectivity index (χ3v) is 4.76. The van der Waals surface area contributed by atoms with Crippen molar-refractivity contribution in [1.29, 1.82) is 5.41 Å². The van der Waals surface area contributed by atoms with Crippen molar-refractivity contribution >= 4 is 53.2 Å². The molecule has 1 aromatic carbocycles. The van der Waals surface area contributed by atoms with E-state index >= 15 is 0 Å². The van der Waals surface area contributed by atoms with Crippen molar-refractivity contribution in [2.75, 3.05) is 36.8 Å². The fraction of sp³-hybridized carbons (Fsp3) is 0.267. The molecule has 0 radical (unpaired) electrons. The number of hydrogen-bond acceptors (Lipinski definition) is 5. The first-order chi connectivity index (χ1) is 11.5. The molecule has 0 unspecified atom stereocenters. The van der Waals surface area contributed by atoms with Gasteiger partial charge in [-0.2, -0.15) is 0 Å². The molecule has 1 aliphatic rings. The highest BCUT2D eigenvalue weighted by Crippen LogP contribution is 2.34. The molecular formula is C15H18Cl3N7. The van der Waals surface area contributed by atoms with Crippen molar-refractivity contribution in [3.05, 3.63) is 34.4 Å². The van der Waals surface area contributed by atoms with E-state index in [1.54, 1.807) is 24.4 Å². The normalized spacial score (nSPS) is 14.2. The lowest BCUT2D eigenvalue weighted by Crippen LogP contribution is -2.51. The third-order valence-electron chi connectivity index (χ3n) is 3.94. The van der Waals surface area contributed by atoms with Gasteiger partial charge in [0.15, 0.2) is 11.8 Å². The van der Waals surface area contributed by atoms with Crippen LogP contribution >= 0.6 is 35.6 Å². The molecule has 0 amide bonds. The van der Waals surface area contributed by atoms with Gasteiger partial charge in [-0.15, -0.1) is 12.4 Å². The quantitative estimate of drug-likeness (QED) is 0.526. The summed E-state index contributed by atoms with van der Waals surface area (Å²) in [5, 5.41) is 8.32. The second kappa shape index (κ2) is 7.95. The highest BCUT2D eigenvalue weighted by Gasteiger charge is 2.20. The van der Waals surface area contributed by atoms with Gasteiger partial charge in [-0.25, -0.2) is 9.97 Å². The Bertz CT molecular complexity index is 776. The Balaban J connectivity index is 0.00000225. The zero-order valence-electron chi connectivity index (χ0n) is 13.2. The zero-order valence-corrected chi connectivity index (χ0v) is 15.6. The average molecular weight is 403 g/mol. The van der Waals surface area contributed by atoms with Gasteiger partial charge in [0.05, 0.1) is 16.2 Å². The predicted octanol–water partition coefficient (Wildman–Crippen LogP) is 2.47. The van der Waals surface area contributed by atoms with E-state index in [-0.39, 0.29) is 18.4 Å². The van der Waals surface area contributed by atoms with E-state index in [4.69, 9.17) is 40.1 Å². The molecule has 0 bridgehead atoms. The maximum Gasteiger partial charge on any atom is 0.188 e. The molecule has 0 atom stereocenters. The van der Waals surface area contributed by atoms with Crippen LogP contribution in [0.1, 0.15) is 0 Å². The maximum absolute atomic E-state index is 7.47. The van der Waals surface area contributed by atoms with Crippen LogP contribution in [0.4, 0.5) is 11.6 Å². The molecule has 5 N–H and O–H groups in total. The van der Waals surface area contributed by atoms with Gasteiger partial charge >= 0.3 is 0 Å². The molecule has 134 valence electrons. The number of nitrogens with two attached hydrogens (primary N) is 2. The van der Waals surface area contributed by atoms with Crippen molar-refractivity contribution in [2.45, 2.75) is 0 Å². The molecule has 0 aliphatic carbocycles. The number of nitrogens with one attached hydrogen (secondary N) is 1. The van der Waals surface area contributed by atoms with Crippen LogP contribution in [-0.2, 0) is 0 Å². The molecule has 2 aromatic rings. The van der Waals surface area contributed by atoms with Gasteiger partial charge < -0.3 is 21.3 Å². The van der Waals surface area contributed by atoms with Gasteiger partial charge in [0.2, 0.25) is 0 Å². The number of rotatable bonds is 2. The smallest absolute Gasteiger partial charge is 0.188 e. The summed E-state index contributed by atoms with van der Waals surface area (Å²) in [6.45, 7) is 2.73. The number of nitrogens with zero attached hydrogens (tertiary/aromatic N) is 4. The number of nitrogen functional groups attached to an aromatic ring is 1. The number of aromatic nitrogens is 2. The summed E-state index contributed by atoms with van der Waals surface area (Å²) in [6.07, 6.45) is 1.67. The first-order valence-corrected chi connectivity index (χ1v) is 8.14. The summed E-state index contributed by atoms with van der Waals surface area (Å²) >= 11 is 12.3. The minimum atomic E-state index is 0. The third kappa shape index (κ3) is 4.00. The molecule has 7 nitrogen and oxygen atoms in total. The topological polar surface area (TPSA) is 108 Å². The van der Waals surface area contributed by atoms with Crippen molar-refractivity contribution in [1.82, 2.24) is 14.9 Å². The van der Waals surface area contributed by atoms with Crippen molar-refractivity contribution in [2.24, 2.45) is 5.73 Å². The van der Waals surface area contributed by atoms with Crippen molar-refractivity contribution < 1.29 is 0 Å². The van der Waals surface area contributed by atoms with E-state index in [9.17, 15) is 0 Å². The summed E-state index contributed by atoms with van der Waals surface area (Å²) in [6, 6.07) is 5.30. The summed E-state index contributed by atoms with van der Waals surface area (Å²) in [5.41, 5.74) is 12.8. The van der Waals surface area contributed by atoms with E-state index in [1.807, 2.05) is 4.90 Å². The number of guanidine groups is 1. The Morgan fingerprint density at radius 3 is 2.44 bits per heavy atom. The Morgan fingerprint density at radius 1 is 1.16 bits per heavy atom. The van der Waals surface area contributed by atoms with Crippen LogP contribution in [-0.4, -0.2) is 47.0 Å². The van der Waals surface area contributed by atoms with E-state index in [0.29, 0.717) is 59.1 Å². The minimum absolute atomic E-state index is 0. The lowest BCUT2D eigenvalue weighted by molar-refractivity contribution is 0.378. The van der Waals surface area contributed by atoms with E-state index in [0.717, 1.165) is 0 Å². The first kappa shape index (κ1) is 19.4. The molecule has 0 spiro atoms. The Kier molecular flexibility index (Phi) is 6.16. The number of anilines is 2. The summed E-state index contributed by atoms with van der Waals surface area (Å²) in [7, 11) is 0. The lowest BCUT2D eigenvalue weighted by Gasteiger charge is -2.35. The zero-order chi connectivity index (χ0) is 17.3. The Hall–Kier alpha value is -1.96. The number of halogens is 3. The summed E-state index contributed by atoms with van der Waals surface area (Å²) in [4.78, 5) is 12.8. The van der Waals surface area contributed by atoms with E-state index in [2.05, 4.69) is 14.9 Å². The number of hydrogen-bond donors (Lipinski definition) is 3. The second-order valence-electron chi connectivity index (χ2n) is 5.42. The molecular weight excluding hydrogens is 385 g/mol. The molecule has 10 heteroatoms. The molecule has 2 heterocycles.